The van der Waals surface area contributed by atoms with Crippen LogP contribution in [0.25, 0.3) is 10.9 Å². The maximum Gasteiger partial charge on any atom is 0.224 e. The Morgan fingerprint density at radius 3 is 2.48 bits per heavy atom. The number of ketones is 1. The van der Waals surface area contributed by atoms with Crippen molar-refractivity contribution in [3.63, 3.8) is 0 Å². The predicted molar refractivity (Wildman–Crippen MR) is 110 cm³/mol. The lowest BCUT2D eigenvalue weighted by atomic mass is 10.0. The first-order valence-corrected chi connectivity index (χ1v) is 9.39. The number of fused-ring (bicyclic) bond motifs is 1. The monoisotopic (exact) mass is 363 g/mol. The van der Waals surface area contributed by atoms with Crippen LogP contribution in [0.2, 0.25) is 0 Å². The van der Waals surface area contributed by atoms with Gasteiger partial charge in [0.25, 0.3) is 0 Å². The Morgan fingerprint density at radius 2 is 1.67 bits per heavy atom. The third kappa shape index (κ3) is 4.97. The molecule has 0 aliphatic rings. The second-order valence-electron chi connectivity index (χ2n) is 6.72. The number of nitrogen functional groups attached to an aromatic ring is 1. The van der Waals surface area contributed by atoms with Gasteiger partial charge in [-0.3, -0.25) is 9.59 Å². The Bertz CT molecular complexity index is 930. The molecule has 5 heteroatoms. The molecule has 1 aromatic heterocycles. The molecule has 1 heterocycles. The maximum absolute atomic E-state index is 12.4. The SMILES string of the molecule is Nc1ccccc1NC(=O)CCCCCCC(=O)c1cccc2cc[nH]c12. The van der Waals surface area contributed by atoms with E-state index in [1.807, 2.05) is 42.6 Å². The van der Waals surface area contributed by atoms with Crippen molar-refractivity contribution in [2.24, 2.45) is 0 Å². The van der Waals surface area contributed by atoms with E-state index >= 15 is 0 Å². The molecule has 0 atom stereocenters. The van der Waals surface area contributed by atoms with E-state index in [0.29, 0.717) is 24.2 Å². The highest BCUT2D eigenvalue weighted by Gasteiger charge is 2.10. The summed E-state index contributed by atoms with van der Waals surface area (Å²) in [5, 5.41) is 3.89. The standard InChI is InChI=1S/C22H25N3O2/c23-18-10-5-6-11-19(18)25-21(27)13-4-2-1-3-12-20(26)17-9-7-8-16-14-15-24-22(16)17/h5-11,14-15,24H,1-4,12-13,23H2,(H,25,27). The number of amides is 1. The zero-order valence-electron chi connectivity index (χ0n) is 15.3. The van der Waals surface area contributed by atoms with Gasteiger partial charge in [-0.2, -0.15) is 0 Å². The van der Waals surface area contributed by atoms with E-state index in [0.717, 1.165) is 42.1 Å². The fourth-order valence-corrected chi connectivity index (χ4v) is 3.20. The molecule has 27 heavy (non-hydrogen) atoms. The maximum atomic E-state index is 12.4. The van der Waals surface area contributed by atoms with Gasteiger partial charge in [0.05, 0.1) is 16.9 Å². The van der Waals surface area contributed by atoms with Crippen LogP contribution in [0.15, 0.2) is 54.7 Å². The number of H-pyrrole nitrogens is 1. The van der Waals surface area contributed by atoms with Gasteiger partial charge in [-0.05, 0) is 37.1 Å². The molecule has 2 aromatic carbocycles. The number of carbonyl (C=O) groups excluding carboxylic acids is 2. The van der Waals surface area contributed by atoms with Crippen molar-refractivity contribution in [2.75, 3.05) is 11.1 Å². The molecule has 3 aromatic rings. The first-order valence-electron chi connectivity index (χ1n) is 9.39. The van der Waals surface area contributed by atoms with Crippen LogP contribution >= 0.6 is 0 Å². The highest BCUT2D eigenvalue weighted by Crippen LogP contribution is 2.20. The Hall–Kier alpha value is -3.08. The first-order chi connectivity index (χ1) is 13.1. The van der Waals surface area contributed by atoms with Gasteiger partial charge in [0.1, 0.15) is 0 Å². The van der Waals surface area contributed by atoms with Crippen LogP contribution in [-0.2, 0) is 4.79 Å². The van der Waals surface area contributed by atoms with Crippen LogP contribution < -0.4 is 11.1 Å². The van der Waals surface area contributed by atoms with Crippen molar-refractivity contribution in [3.05, 3.63) is 60.3 Å². The van der Waals surface area contributed by atoms with Gasteiger partial charge >= 0.3 is 0 Å². The second-order valence-corrected chi connectivity index (χ2v) is 6.72. The Morgan fingerprint density at radius 1 is 0.889 bits per heavy atom. The number of unbranched alkanes of at least 4 members (excludes halogenated alkanes) is 3. The summed E-state index contributed by atoms with van der Waals surface area (Å²) in [6.45, 7) is 0. The number of carbonyl (C=O) groups is 2. The smallest absolute Gasteiger partial charge is 0.224 e. The predicted octanol–water partition coefficient (Wildman–Crippen LogP) is 4.91. The Kier molecular flexibility index (Phi) is 6.26. The van der Waals surface area contributed by atoms with Gasteiger partial charge in [-0.25, -0.2) is 0 Å². The third-order valence-corrected chi connectivity index (χ3v) is 4.68. The van der Waals surface area contributed by atoms with Crippen LogP contribution in [0.5, 0.6) is 0 Å². The highest BCUT2D eigenvalue weighted by molar-refractivity contribution is 6.06. The van der Waals surface area contributed by atoms with Gasteiger partial charge < -0.3 is 16.0 Å². The molecule has 140 valence electrons. The largest absolute Gasteiger partial charge is 0.397 e. The van der Waals surface area contributed by atoms with E-state index in [1.165, 1.54) is 0 Å². The van der Waals surface area contributed by atoms with Crippen LogP contribution in [0.1, 0.15) is 48.9 Å². The van der Waals surface area contributed by atoms with E-state index in [1.54, 1.807) is 12.1 Å². The Labute approximate surface area is 159 Å². The second kappa shape index (κ2) is 9.03. The molecule has 0 spiro atoms. The van der Waals surface area contributed by atoms with E-state index in [9.17, 15) is 9.59 Å². The molecule has 0 bridgehead atoms. The van der Waals surface area contributed by atoms with Crippen molar-refractivity contribution < 1.29 is 9.59 Å². The average molecular weight is 363 g/mol. The van der Waals surface area contributed by atoms with Gasteiger partial charge in [0, 0.05) is 30.0 Å². The van der Waals surface area contributed by atoms with Gasteiger partial charge in [0.2, 0.25) is 5.91 Å². The minimum absolute atomic E-state index is 0.0256. The molecule has 0 fully saturated rings. The third-order valence-electron chi connectivity index (χ3n) is 4.68. The molecule has 0 aliphatic carbocycles. The zero-order valence-corrected chi connectivity index (χ0v) is 15.3. The molecular formula is C22H25N3O2. The minimum atomic E-state index is -0.0256. The number of rotatable bonds is 9. The first kappa shape index (κ1) is 18.7. The molecule has 5 nitrogen and oxygen atoms in total. The lowest BCUT2D eigenvalue weighted by Gasteiger charge is -2.07. The number of benzene rings is 2. The summed E-state index contributed by atoms with van der Waals surface area (Å²) in [5.41, 5.74) is 8.73. The number of aromatic amines is 1. The van der Waals surface area contributed by atoms with Crippen LogP contribution in [0.3, 0.4) is 0 Å². The molecule has 3 rings (SSSR count). The number of aromatic nitrogens is 1. The average Bonchev–Trinajstić information content (AvgIpc) is 3.15. The van der Waals surface area contributed by atoms with Crippen LogP contribution in [0.4, 0.5) is 11.4 Å². The molecule has 0 saturated heterocycles. The Balaban J connectivity index is 1.35. The fourth-order valence-electron chi connectivity index (χ4n) is 3.20. The molecule has 0 aliphatic heterocycles. The summed E-state index contributed by atoms with van der Waals surface area (Å²) in [6, 6.07) is 15.0. The fraction of sp³-hybridized carbons (Fsp3) is 0.273. The number of hydrogen-bond donors (Lipinski definition) is 3. The van der Waals surface area contributed by atoms with Crippen molar-refractivity contribution in [3.8, 4) is 0 Å². The number of nitrogens with one attached hydrogen (secondary N) is 2. The lowest BCUT2D eigenvalue weighted by molar-refractivity contribution is -0.116. The normalized spacial score (nSPS) is 10.8. The van der Waals surface area contributed by atoms with E-state index in [-0.39, 0.29) is 11.7 Å². The molecule has 4 N–H and O–H groups in total. The van der Waals surface area contributed by atoms with E-state index in [4.69, 9.17) is 5.73 Å². The summed E-state index contributed by atoms with van der Waals surface area (Å²) in [4.78, 5) is 27.5. The van der Waals surface area contributed by atoms with Crippen LogP contribution in [0, 0.1) is 0 Å². The molecule has 0 unspecified atom stereocenters. The van der Waals surface area contributed by atoms with Crippen LogP contribution in [-0.4, -0.2) is 16.7 Å². The number of anilines is 2. The quantitative estimate of drug-likeness (QED) is 0.287. The molecule has 1 amide bonds. The van der Waals surface area contributed by atoms with E-state index in [2.05, 4.69) is 10.3 Å². The van der Waals surface area contributed by atoms with Crippen molar-refractivity contribution in [2.45, 2.75) is 38.5 Å². The molecule has 0 radical (unpaired) electrons. The highest BCUT2D eigenvalue weighted by atomic mass is 16.1. The summed E-state index contributed by atoms with van der Waals surface area (Å²) < 4.78 is 0. The topological polar surface area (TPSA) is 88.0 Å². The van der Waals surface area contributed by atoms with Crippen molar-refractivity contribution >= 4 is 34.0 Å². The van der Waals surface area contributed by atoms with E-state index < -0.39 is 0 Å². The van der Waals surface area contributed by atoms with Crippen molar-refractivity contribution in [1.82, 2.24) is 4.98 Å². The van der Waals surface area contributed by atoms with Gasteiger partial charge in [0.15, 0.2) is 5.78 Å². The summed E-state index contributed by atoms with van der Waals surface area (Å²) >= 11 is 0. The summed E-state index contributed by atoms with van der Waals surface area (Å²) in [7, 11) is 0. The van der Waals surface area contributed by atoms with Crippen molar-refractivity contribution in [1.29, 1.82) is 0 Å². The molecular weight excluding hydrogens is 338 g/mol. The molecule has 0 saturated carbocycles. The number of hydrogen-bond acceptors (Lipinski definition) is 3. The summed E-state index contributed by atoms with van der Waals surface area (Å²) in [5.74, 6) is 0.141. The minimum Gasteiger partial charge on any atom is -0.397 e. The van der Waals surface area contributed by atoms with Gasteiger partial charge in [-0.15, -0.1) is 0 Å². The number of para-hydroxylation sites is 3. The number of Topliss-reactive ketones (excluding diaryl/α,β-unsaturated/α-hetero) is 1. The lowest BCUT2D eigenvalue weighted by Crippen LogP contribution is -2.12. The summed E-state index contributed by atoms with van der Waals surface area (Å²) in [6.07, 6.45) is 6.36. The van der Waals surface area contributed by atoms with Gasteiger partial charge in [-0.1, -0.05) is 37.1 Å². The number of nitrogens with two attached hydrogens (primary N) is 1. The zero-order chi connectivity index (χ0) is 19.1.